The Morgan fingerprint density at radius 3 is 2.54 bits per heavy atom. The van der Waals surface area contributed by atoms with Crippen molar-refractivity contribution >= 4 is 5.97 Å². The summed E-state index contributed by atoms with van der Waals surface area (Å²) >= 11 is 0. The summed E-state index contributed by atoms with van der Waals surface area (Å²) in [4.78, 5) is 16.5. The van der Waals surface area contributed by atoms with Gasteiger partial charge in [-0.1, -0.05) is 6.92 Å². The summed E-state index contributed by atoms with van der Waals surface area (Å²) in [7, 11) is 0. The number of nitrogens with one attached hydrogen (secondary N) is 1. The maximum Gasteiger partial charge on any atom is 0.320 e. The Bertz CT molecular complexity index is 234. The van der Waals surface area contributed by atoms with E-state index >= 15 is 0 Å². The summed E-state index contributed by atoms with van der Waals surface area (Å²) in [5, 5.41) is 8.06. The third-order valence-electron chi connectivity index (χ3n) is 1.39. The largest absolute Gasteiger partial charge is 0.480 e. The van der Waals surface area contributed by atoms with Crippen LogP contribution in [0.5, 0.6) is 0 Å². The smallest absolute Gasteiger partial charge is 0.320 e. The van der Waals surface area contributed by atoms with E-state index in [1.54, 1.807) is 19.4 Å². The number of nitrogens with zero attached hydrogens (tertiary/aromatic N) is 1. The maximum absolute atomic E-state index is 9.81. The quantitative estimate of drug-likeness (QED) is 0.626. The lowest BCUT2D eigenvalue weighted by molar-refractivity contribution is -0.138. The van der Waals surface area contributed by atoms with Crippen LogP contribution >= 0.6 is 0 Å². The molecule has 74 valence electrons. The molecule has 0 spiro atoms. The molecule has 4 N–H and O–H groups in total. The molecule has 5 heteroatoms. The second-order valence-electron chi connectivity index (χ2n) is 2.59. The zero-order valence-corrected chi connectivity index (χ0v) is 7.82. The zero-order valence-electron chi connectivity index (χ0n) is 7.82. The van der Waals surface area contributed by atoms with Crippen molar-refractivity contribution in [3.63, 3.8) is 0 Å². The average Bonchev–Trinajstić information content (AvgIpc) is 2.55. The molecule has 0 aliphatic heterocycles. The van der Waals surface area contributed by atoms with Gasteiger partial charge in [-0.3, -0.25) is 4.79 Å². The van der Waals surface area contributed by atoms with Crippen LogP contribution in [-0.4, -0.2) is 27.1 Å². The Labute approximate surface area is 77.0 Å². The fourth-order valence-electron chi connectivity index (χ4n) is 0.500. The van der Waals surface area contributed by atoms with E-state index in [0.717, 1.165) is 5.69 Å². The van der Waals surface area contributed by atoms with Gasteiger partial charge in [-0.05, 0) is 13.3 Å². The van der Waals surface area contributed by atoms with Crippen LogP contribution in [0.4, 0.5) is 0 Å². The van der Waals surface area contributed by atoms with Gasteiger partial charge >= 0.3 is 5.97 Å². The summed E-state index contributed by atoms with van der Waals surface area (Å²) < 4.78 is 0. The van der Waals surface area contributed by atoms with E-state index < -0.39 is 12.0 Å². The summed E-state index contributed by atoms with van der Waals surface area (Å²) in [5.74, 6) is -0.928. The minimum atomic E-state index is -0.928. The van der Waals surface area contributed by atoms with E-state index in [4.69, 9.17) is 10.8 Å². The molecule has 0 saturated carbocycles. The molecule has 0 aliphatic rings. The van der Waals surface area contributed by atoms with Crippen molar-refractivity contribution in [1.29, 1.82) is 0 Å². The zero-order chi connectivity index (χ0) is 10.3. The number of carbonyl (C=O) groups is 1. The van der Waals surface area contributed by atoms with E-state index in [9.17, 15) is 4.79 Å². The molecule has 1 aromatic heterocycles. The highest BCUT2D eigenvalue weighted by Gasteiger charge is 2.05. The standard InChI is InChI=1S/C4H6N2.C4H9NO2/c1-4-2-5-3-6-4;1-2-3(5)4(6)7/h2-3H,1H3,(H,5,6);3H,2,5H2,1H3,(H,6,7). The minimum absolute atomic E-state index is 0.495. The number of aromatic amines is 1. The number of H-pyrrole nitrogens is 1. The van der Waals surface area contributed by atoms with Crippen LogP contribution in [-0.2, 0) is 4.79 Å². The highest BCUT2D eigenvalue weighted by Crippen LogP contribution is 1.82. The number of aromatic nitrogens is 2. The molecule has 1 rings (SSSR count). The molecular weight excluding hydrogens is 170 g/mol. The van der Waals surface area contributed by atoms with Crippen molar-refractivity contribution in [2.24, 2.45) is 5.73 Å². The second kappa shape index (κ2) is 6.19. The van der Waals surface area contributed by atoms with Gasteiger partial charge in [0.2, 0.25) is 0 Å². The number of nitrogens with two attached hydrogens (primary N) is 1. The molecule has 0 saturated heterocycles. The molecule has 0 aromatic carbocycles. The summed E-state index contributed by atoms with van der Waals surface area (Å²) in [6.07, 6.45) is 3.94. The Morgan fingerprint density at radius 1 is 1.85 bits per heavy atom. The van der Waals surface area contributed by atoms with Crippen LogP contribution in [0.15, 0.2) is 12.5 Å². The van der Waals surface area contributed by atoms with Crippen LogP contribution < -0.4 is 5.73 Å². The number of aryl methyl sites for hydroxylation is 1. The van der Waals surface area contributed by atoms with Gasteiger partial charge in [0, 0.05) is 11.9 Å². The number of imidazole rings is 1. The molecular formula is C8H15N3O2. The molecule has 1 heterocycles. The summed E-state index contributed by atoms with van der Waals surface area (Å²) in [5.41, 5.74) is 6.12. The maximum atomic E-state index is 9.81. The number of hydrogen-bond acceptors (Lipinski definition) is 3. The fraction of sp³-hybridized carbons (Fsp3) is 0.500. The van der Waals surface area contributed by atoms with Gasteiger partial charge in [0.1, 0.15) is 6.04 Å². The van der Waals surface area contributed by atoms with Gasteiger partial charge in [0.25, 0.3) is 0 Å². The van der Waals surface area contributed by atoms with E-state index in [1.165, 1.54) is 0 Å². The van der Waals surface area contributed by atoms with Gasteiger partial charge < -0.3 is 15.8 Å². The SMILES string of the molecule is CCC(N)C(=O)O.Cc1cnc[nH]1. The lowest BCUT2D eigenvalue weighted by Crippen LogP contribution is -2.28. The van der Waals surface area contributed by atoms with Crippen molar-refractivity contribution in [2.75, 3.05) is 0 Å². The Balaban J connectivity index is 0.000000223. The van der Waals surface area contributed by atoms with Crippen molar-refractivity contribution < 1.29 is 9.90 Å². The Hall–Kier alpha value is -1.36. The lowest BCUT2D eigenvalue weighted by atomic mass is 10.2. The van der Waals surface area contributed by atoms with E-state index in [-0.39, 0.29) is 0 Å². The van der Waals surface area contributed by atoms with E-state index in [0.29, 0.717) is 6.42 Å². The van der Waals surface area contributed by atoms with Crippen LogP contribution in [0.2, 0.25) is 0 Å². The van der Waals surface area contributed by atoms with Gasteiger partial charge in [0.05, 0.1) is 6.33 Å². The van der Waals surface area contributed by atoms with Crippen molar-refractivity contribution in [3.05, 3.63) is 18.2 Å². The van der Waals surface area contributed by atoms with Gasteiger partial charge in [-0.15, -0.1) is 0 Å². The molecule has 1 aromatic rings. The first-order chi connectivity index (χ1) is 6.07. The number of aliphatic carboxylic acids is 1. The highest BCUT2D eigenvalue weighted by molar-refractivity contribution is 5.72. The molecule has 1 unspecified atom stereocenters. The monoisotopic (exact) mass is 185 g/mol. The molecule has 1 atom stereocenters. The third kappa shape index (κ3) is 5.86. The Morgan fingerprint density at radius 2 is 2.46 bits per heavy atom. The van der Waals surface area contributed by atoms with Crippen LogP contribution in [0.3, 0.4) is 0 Å². The first-order valence-corrected chi connectivity index (χ1v) is 4.01. The first-order valence-electron chi connectivity index (χ1n) is 4.01. The first kappa shape index (κ1) is 11.6. The predicted octanol–water partition coefficient (Wildman–Crippen LogP) is 0.526. The molecule has 0 amide bonds. The van der Waals surface area contributed by atoms with Gasteiger partial charge in [-0.2, -0.15) is 0 Å². The summed E-state index contributed by atoms with van der Waals surface area (Å²) in [6, 6.07) is -0.681. The summed E-state index contributed by atoms with van der Waals surface area (Å²) in [6.45, 7) is 3.70. The van der Waals surface area contributed by atoms with Crippen LogP contribution in [0.25, 0.3) is 0 Å². The van der Waals surface area contributed by atoms with Crippen molar-refractivity contribution in [2.45, 2.75) is 26.3 Å². The van der Waals surface area contributed by atoms with Crippen LogP contribution in [0.1, 0.15) is 19.0 Å². The predicted molar refractivity (Wildman–Crippen MR) is 49.2 cm³/mol. The molecule has 0 bridgehead atoms. The number of rotatable bonds is 2. The topological polar surface area (TPSA) is 92.0 Å². The second-order valence-corrected chi connectivity index (χ2v) is 2.59. The lowest BCUT2D eigenvalue weighted by Gasteiger charge is -1.97. The van der Waals surface area contributed by atoms with Crippen molar-refractivity contribution in [1.82, 2.24) is 9.97 Å². The van der Waals surface area contributed by atoms with Gasteiger partial charge in [0.15, 0.2) is 0 Å². The molecule has 0 radical (unpaired) electrons. The normalized spacial score (nSPS) is 11.3. The van der Waals surface area contributed by atoms with Crippen LogP contribution in [0, 0.1) is 6.92 Å². The van der Waals surface area contributed by atoms with Gasteiger partial charge in [-0.25, -0.2) is 4.98 Å². The average molecular weight is 185 g/mol. The Kier molecular flexibility index (Phi) is 5.54. The van der Waals surface area contributed by atoms with E-state index in [1.807, 2.05) is 6.92 Å². The number of hydrogen-bond donors (Lipinski definition) is 3. The fourth-order valence-corrected chi connectivity index (χ4v) is 0.500. The molecule has 13 heavy (non-hydrogen) atoms. The highest BCUT2D eigenvalue weighted by atomic mass is 16.4. The van der Waals surface area contributed by atoms with E-state index in [2.05, 4.69) is 9.97 Å². The number of carboxylic acid groups (broad SMARTS) is 1. The van der Waals surface area contributed by atoms with Crippen molar-refractivity contribution in [3.8, 4) is 0 Å². The third-order valence-corrected chi connectivity index (χ3v) is 1.39. The minimum Gasteiger partial charge on any atom is -0.480 e. The molecule has 0 fully saturated rings. The number of carboxylic acids is 1. The molecule has 0 aliphatic carbocycles. The molecule has 5 nitrogen and oxygen atoms in total.